The van der Waals surface area contributed by atoms with Crippen LogP contribution in [0, 0.1) is 0 Å². The fourth-order valence-corrected chi connectivity index (χ4v) is 3.27. The Morgan fingerprint density at radius 3 is 2.29 bits per heavy atom. The Hall–Kier alpha value is -0.580. The van der Waals surface area contributed by atoms with E-state index in [-0.39, 0.29) is 0 Å². The third kappa shape index (κ3) is 5.97. The first-order valence-electron chi connectivity index (χ1n) is 8.06. The molecule has 1 N–H and O–H groups in total. The molecule has 0 aliphatic carbocycles. The van der Waals surface area contributed by atoms with E-state index in [0.29, 0.717) is 0 Å². The van der Waals surface area contributed by atoms with Crippen LogP contribution in [0.5, 0.6) is 0 Å². The first kappa shape index (κ1) is 18.5. The van der Waals surface area contributed by atoms with Crippen molar-refractivity contribution in [3.63, 3.8) is 0 Å². The maximum atomic E-state index is 3.73. The van der Waals surface area contributed by atoms with Gasteiger partial charge in [-0.05, 0) is 73.7 Å². The van der Waals surface area contributed by atoms with Crippen molar-refractivity contribution in [2.24, 2.45) is 0 Å². The maximum absolute atomic E-state index is 3.73. The number of nitrogens with one attached hydrogen (secondary N) is 1. The molecule has 3 nitrogen and oxygen atoms in total. The van der Waals surface area contributed by atoms with Gasteiger partial charge in [-0.15, -0.1) is 0 Å². The van der Waals surface area contributed by atoms with Crippen LogP contribution in [0.1, 0.15) is 32.8 Å². The molecule has 0 heterocycles. The molecule has 0 aliphatic rings. The van der Waals surface area contributed by atoms with Gasteiger partial charge in [-0.1, -0.05) is 19.9 Å². The van der Waals surface area contributed by atoms with Gasteiger partial charge >= 0.3 is 0 Å². The highest BCUT2D eigenvalue weighted by Crippen LogP contribution is 2.27. The Kier molecular flexibility index (Phi) is 8.97. The summed E-state index contributed by atoms with van der Waals surface area (Å²) in [6.45, 7) is 13.2. The van der Waals surface area contributed by atoms with E-state index in [1.54, 1.807) is 0 Å². The molecular formula is C17H30BrN3. The van der Waals surface area contributed by atoms with Crippen LogP contribution in [-0.2, 0) is 6.54 Å². The normalized spacial score (nSPS) is 11.1. The van der Waals surface area contributed by atoms with Crippen molar-refractivity contribution >= 4 is 21.6 Å². The van der Waals surface area contributed by atoms with E-state index in [1.165, 1.54) is 28.7 Å². The Balaban J connectivity index is 2.63. The van der Waals surface area contributed by atoms with Gasteiger partial charge < -0.3 is 15.1 Å². The van der Waals surface area contributed by atoms with E-state index < -0.39 is 0 Å². The molecule has 0 aromatic heterocycles. The quantitative estimate of drug-likeness (QED) is 0.689. The van der Waals surface area contributed by atoms with E-state index >= 15 is 0 Å². The Morgan fingerprint density at radius 2 is 1.76 bits per heavy atom. The highest BCUT2D eigenvalue weighted by atomic mass is 79.9. The van der Waals surface area contributed by atoms with Crippen LogP contribution in [0.4, 0.5) is 5.69 Å². The number of rotatable bonds is 10. The second-order valence-corrected chi connectivity index (χ2v) is 6.13. The molecule has 1 aromatic carbocycles. The molecule has 4 heteroatoms. The summed E-state index contributed by atoms with van der Waals surface area (Å²) < 4.78 is 1.19. The molecule has 0 bridgehead atoms. The summed E-state index contributed by atoms with van der Waals surface area (Å²) >= 11 is 3.73. The van der Waals surface area contributed by atoms with Crippen molar-refractivity contribution in [2.45, 2.75) is 33.7 Å². The lowest BCUT2D eigenvalue weighted by atomic mass is 10.2. The highest BCUT2D eigenvalue weighted by molar-refractivity contribution is 9.10. The number of halogens is 1. The molecule has 0 saturated heterocycles. The minimum atomic E-state index is 0.910. The molecule has 0 aliphatic heterocycles. The van der Waals surface area contributed by atoms with Crippen molar-refractivity contribution < 1.29 is 0 Å². The minimum absolute atomic E-state index is 0.910. The molecule has 0 unspecified atom stereocenters. The zero-order chi connectivity index (χ0) is 15.7. The Labute approximate surface area is 138 Å². The van der Waals surface area contributed by atoms with Gasteiger partial charge in [0.15, 0.2) is 0 Å². The maximum Gasteiger partial charge on any atom is 0.0510 e. The third-order valence-electron chi connectivity index (χ3n) is 3.91. The van der Waals surface area contributed by atoms with Gasteiger partial charge in [0.05, 0.1) is 5.69 Å². The van der Waals surface area contributed by atoms with Crippen LogP contribution in [0.3, 0.4) is 0 Å². The lowest BCUT2D eigenvalue weighted by Crippen LogP contribution is -2.30. The smallest absolute Gasteiger partial charge is 0.0510 e. The minimum Gasteiger partial charge on any atom is -0.371 e. The van der Waals surface area contributed by atoms with Crippen molar-refractivity contribution in [3.8, 4) is 0 Å². The summed E-state index contributed by atoms with van der Waals surface area (Å²) in [7, 11) is 1.98. The monoisotopic (exact) mass is 355 g/mol. The van der Waals surface area contributed by atoms with Gasteiger partial charge in [-0.2, -0.15) is 0 Å². The average molecular weight is 356 g/mol. The summed E-state index contributed by atoms with van der Waals surface area (Å²) in [4.78, 5) is 4.94. The van der Waals surface area contributed by atoms with Gasteiger partial charge in [0.2, 0.25) is 0 Å². The van der Waals surface area contributed by atoms with Crippen LogP contribution in [0.2, 0.25) is 0 Å². The van der Waals surface area contributed by atoms with Crippen LogP contribution in [-0.4, -0.2) is 44.7 Å². The molecule has 1 aromatic rings. The lowest BCUT2D eigenvalue weighted by molar-refractivity contribution is 0.301. The molecular weight excluding hydrogens is 326 g/mol. The lowest BCUT2D eigenvalue weighted by Gasteiger charge is -2.26. The Morgan fingerprint density at radius 1 is 1.05 bits per heavy atom. The summed E-state index contributed by atoms with van der Waals surface area (Å²) in [6, 6.07) is 6.67. The molecule has 0 saturated carbocycles. The Bertz CT molecular complexity index is 405. The third-order valence-corrected chi connectivity index (χ3v) is 4.55. The molecule has 0 amide bonds. The van der Waals surface area contributed by atoms with Gasteiger partial charge in [0.25, 0.3) is 0 Å². The van der Waals surface area contributed by atoms with Gasteiger partial charge in [-0.25, -0.2) is 0 Å². The zero-order valence-electron chi connectivity index (χ0n) is 14.0. The molecule has 21 heavy (non-hydrogen) atoms. The van der Waals surface area contributed by atoms with Crippen LogP contribution in [0.25, 0.3) is 0 Å². The first-order valence-corrected chi connectivity index (χ1v) is 8.85. The van der Waals surface area contributed by atoms with Gasteiger partial charge in [0, 0.05) is 24.1 Å². The topological polar surface area (TPSA) is 18.5 Å². The van der Waals surface area contributed by atoms with E-state index in [9.17, 15) is 0 Å². The van der Waals surface area contributed by atoms with Crippen molar-refractivity contribution in [1.29, 1.82) is 0 Å². The second kappa shape index (κ2) is 10.2. The molecule has 0 fully saturated rings. The summed E-state index contributed by atoms with van der Waals surface area (Å²) in [5.41, 5.74) is 2.62. The predicted octanol–water partition coefficient (Wildman–Crippen LogP) is 3.73. The number of hydrogen-bond donors (Lipinski definition) is 1. The molecule has 0 atom stereocenters. The highest BCUT2D eigenvalue weighted by Gasteiger charge is 2.09. The van der Waals surface area contributed by atoms with E-state index in [2.05, 4.69) is 70.0 Å². The zero-order valence-corrected chi connectivity index (χ0v) is 15.5. The van der Waals surface area contributed by atoms with Crippen molar-refractivity contribution in [3.05, 3.63) is 28.2 Å². The largest absolute Gasteiger partial charge is 0.371 e. The molecule has 1 rings (SSSR count). The second-order valence-electron chi connectivity index (χ2n) is 5.28. The number of nitrogens with zero attached hydrogens (tertiary/aromatic N) is 2. The number of benzene rings is 1. The summed E-state index contributed by atoms with van der Waals surface area (Å²) in [6.07, 6.45) is 1.21. The van der Waals surface area contributed by atoms with Crippen LogP contribution < -0.4 is 10.2 Å². The van der Waals surface area contributed by atoms with Crippen molar-refractivity contribution in [1.82, 2.24) is 10.2 Å². The fourth-order valence-electron chi connectivity index (χ4n) is 2.59. The van der Waals surface area contributed by atoms with Crippen molar-refractivity contribution in [2.75, 3.05) is 44.7 Å². The van der Waals surface area contributed by atoms with Crippen LogP contribution in [0.15, 0.2) is 22.7 Å². The van der Waals surface area contributed by atoms with Gasteiger partial charge in [0.1, 0.15) is 0 Å². The average Bonchev–Trinajstić information content (AvgIpc) is 2.49. The van der Waals surface area contributed by atoms with E-state index in [1.807, 2.05) is 7.05 Å². The standard InChI is InChI=1S/C17H30BrN3/c1-5-20(6-2)11-8-12-21(7-3)17-10-9-15(14-19-4)13-16(17)18/h9-10,13,19H,5-8,11-12,14H2,1-4H3. The molecule has 0 spiro atoms. The number of anilines is 1. The SMILES string of the molecule is CCN(CC)CCCN(CC)c1ccc(CNC)cc1Br. The van der Waals surface area contributed by atoms with E-state index in [4.69, 9.17) is 0 Å². The van der Waals surface area contributed by atoms with Crippen LogP contribution >= 0.6 is 15.9 Å². The van der Waals surface area contributed by atoms with E-state index in [0.717, 1.165) is 32.7 Å². The van der Waals surface area contributed by atoms with Gasteiger partial charge in [-0.3, -0.25) is 0 Å². The number of hydrogen-bond acceptors (Lipinski definition) is 3. The first-order chi connectivity index (χ1) is 10.2. The summed E-state index contributed by atoms with van der Waals surface area (Å²) in [5, 5.41) is 3.19. The molecule has 120 valence electrons. The summed E-state index contributed by atoms with van der Waals surface area (Å²) in [5.74, 6) is 0. The molecule has 0 radical (unpaired) electrons. The predicted molar refractivity (Wildman–Crippen MR) is 97.2 cm³/mol. The fraction of sp³-hybridized carbons (Fsp3) is 0.647.